The molecule has 2 fully saturated rings. The zero-order valence-corrected chi connectivity index (χ0v) is 16.9. The lowest BCUT2D eigenvalue weighted by molar-refractivity contribution is 0.228. The van der Waals surface area contributed by atoms with Crippen molar-refractivity contribution in [1.82, 2.24) is 9.80 Å². The summed E-state index contributed by atoms with van der Waals surface area (Å²) < 4.78 is 41.4. The largest absolute Gasteiger partial charge is 0.493 e. The Labute approximate surface area is 155 Å². The predicted octanol–water partition coefficient (Wildman–Crippen LogP) is 0.871. The summed E-state index contributed by atoms with van der Waals surface area (Å²) in [6.45, 7) is 1.95. The van der Waals surface area contributed by atoms with E-state index >= 15 is 0 Å². The molecule has 8 heteroatoms. The topological polar surface area (TPSA) is 68.3 Å². The quantitative estimate of drug-likeness (QED) is 0.721. The van der Waals surface area contributed by atoms with Crippen molar-refractivity contribution in [2.24, 2.45) is 5.92 Å². The standard InChI is InChI=1S/C18H28N2O5S/c1-19(2)14-11-26(21,22)16-10-20(9-13(14)16)8-12-6-7-15(23-3)18(25-5)17(12)24-4/h6-7,13-14,16H,8-11H2,1-5H3/t13-,14+,16-/m0/s1. The Bertz CT molecular complexity index is 765. The summed E-state index contributed by atoms with van der Waals surface area (Å²) >= 11 is 0. The molecule has 3 atom stereocenters. The van der Waals surface area contributed by atoms with E-state index in [9.17, 15) is 8.42 Å². The van der Waals surface area contributed by atoms with Crippen molar-refractivity contribution in [3.8, 4) is 17.2 Å². The van der Waals surface area contributed by atoms with Crippen molar-refractivity contribution in [1.29, 1.82) is 0 Å². The summed E-state index contributed by atoms with van der Waals surface area (Å²) in [5.74, 6) is 2.23. The highest BCUT2D eigenvalue weighted by Gasteiger charge is 2.52. The van der Waals surface area contributed by atoms with Crippen LogP contribution in [0.1, 0.15) is 5.56 Å². The van der Waals surface area contributed by atoms with E-state index in [0.29, 0.717) is 30.3 Å². The molecule has 2 aliphatic heterocycles. The van der Waals surface area contributed by atoms with Crippen LogP contribution in [0, 0.1) is 5.92 Å². The summed E-state index contributed by atoms with van der Waals surface area (Å²) in [5, 5.41) is -0.277. The van der Waals surface area contributed by atoms with Gasteiger partial charge in [-0.1, -0.05) is 6.07 Å². The molecule has 3 rings (SSSR count). The minimum Gasteiger partial charge on any atom is -0.493 e. The van der Waals surface area contributed by atoms with Crippen LogP contribution in [0.2, 0.25) is 0 Å². The normalized spacial score (nSPS) is 27.5. The van der Waals surface area contributed by atoms with Gasteiger partial charge in [0, 0.05) is 37.2 Å². The SMILES string of the molecule is COc1ccc(CN2C[C@H]3[C@H](N(C)C)CS(=O)(=O)[C@H]3C2)c(OC)c1OC. The lowest BCUT2D eigenvalue weighted by Crippen LogP contribution is -2.37. The van der Waals surface area contributed by atoms with Crippen molar-refractivity contribution in [3.05, 3.63) is 17.7 Å². The van der Waals surface area contributed by atoms with E-state index in [0.717, 1.165) is 12.1 Å². The maximum atomic E-state index is 12.5. The molecular formula is C18H28N2O5S. The molecule has 0 aromatic heterocycles. The van der Waals surface area contributed by atoms with Gasteiger partial charge in [0.15, 0.2) is 21.3 Å². The highest BCUT2D eigenvalue weighted by molar-refractivity contribution is 7.92. The molecule has 1 aromatic carbocycles. The number of methoxy groups -OCH3 is 3. The maximum Gasteiger partial charge on any atom is 0.203 e. The number of sulfone groups is 1. The average Bonchev–Trinajstić information content (AvgIpc) is 3.12. The van der Waals surface area contributed by atoms with Crippen LogP contribution in [0.5, 0.6) is 17.2 Å². The van der Waals surface area contributed by atoms with Crippen molar-refractivity contribution >= 4 is 9.84 Å². The van der Waals surface area contributed by atoms with Gasteiger partial charge in [0.05, 0.1) is 32.3 Å². The van der Waals surface area contributed by atoms with Gasteiger partial charge in [-0.25, -0.2) is 8.42 Å². The monoisotopic (exact) mass is 384 g/mol. The Kier molecular flexibility index (Phi) is 5.37. The second-order valence-corrected chi connectivity index (χ2v) is 9.51. The van der Waals surface area contributed by atoms with E-state index in [1.54, 1.807) is 21.3 Å². The van der Waals surface area contributed by atoms with E-state index in [-0.39, 0.29) is 23.0 Å². The Morgan fingerprint density at radius 1 is 1.08 bits per heavy atom. The summed E-state index contributed by atoms with van der Waals surface area (Å²) in [5.41, 5.74) is 0.962. The van der Waals surface area contributed by atoms with Crippen molar-refractivity contribution in [2.75, 3.05) is 54.3 Å². The maximum absolute atomic E-state index is 12.5. The van der Waals surface area contributed by atoms with E-state index in [2.05, 4.69) is 4.90 Å². The highest BCUT2D eigenvalue weighted by Crippen LogP contribution is 2.42. The number of hydrogen-bond donors (Lipinski definition) is 0. The molecule has 0 N–H and O–H groups in total. The van der Waals surface area contributed by atoms with Crippen molar-refractivity contribution in [2.45, 2.75) is 17.8 Å². The molecule has 0 unspecified atom stereocenters. The second-order valence-electron chi connectivity index (χ2n) is 7.25. The van der Waals surface area contributed by atoms with Gasteiger partial charge < -0.3 is 19.1 Å². The summed E-state index contributed by atoms with van der Waals surface area (Å²) in [6, 6.07) is 3.89. The molecule has 0 aliphatic carbocycles. The van der Waals surface area contributed by atoms with Crippen LogP contribution in [0.15, 0.2) is 12.1 Å². The fraction of sp³-hybridized carbons (Fsp3) is 0.667. The van der Waals surface area contributed by atoms with Gasteiger partial charge in [-0.15, -0.1) is 0 Å². The van der Waals surface area contributed by atoms with Gasteiger partial charge in [0.1, 0.15) is 0 Å². The van der Waals surface area contributed by atoms with Gasteiger partial charge in [0.25, 0.3) is 0 Å². The number of nitrogens with zero attached hydrogens (tertiary/aromatic N) is 2. The average molecular weight is 384 g/mol. The lowest BCUT2D eigenvalue weighted by atomic mass is 10.00. The molecule has 2 saturated heterocycles. The van der Waals surface area contributed by atoms with Gasteiger partial charge >= 0.3 is 0 Å². The van der Waals surface area contributed by atoms with E-state index in [4.69, 9.17) is 14.2 Å². The molecule has 0 radical (unpaired) electrons. The van der Waals surface area contributed by atoms with Crippen LogP contribution in [0.25, 0.3) is 0 Å². The molecule has 146 valence electrons. The van der Waals surface area contributed by atoms with Gasteiger partial charge in [-0.3, -0.25) is 4.90 Å². The molecule has 7 nitrogen and oxygen atoms in total. The third kappa shape index (κ3) is 3.25. The van der Waals surface area contributed by atoms with Crippen LogP contribution in [-0.4, -0.2) is 83.8 Å². The molecule has 1 aromatic rings. The molecule has 0 spiro atoms. The molecule has 26 heavy (non-hydrogen) atoms. The Morgan fingerprint density at radius 2 is 1.77 bits per heavy atom. The fourth-order valence-electron chi connectivity index (χ4n) is 4.30. The van der Waals surface area contributed by atoms with Crippen molar-refractivity contribution in [3.63, 3.8) is 0 Å². The second kappa shape index (κ2) is 7.25. The number of hydrogen-bond acceptors (Lipinski definition) is 7. The number of rotatable bonds is 6. The number of benzene rings is 1. The minimum absolute atomic E-state index is 0.0855. The molecule has 0 saturated carbocycles. The Morgan fingerprint density at radius 3 is 2.35 bits per heavy atom. The highest BCUT2D eigenvalue weighted by atomic mass is 32.2. The third-order valence-corrected chi connectivity index (χ3v) is 7.81. The van der Waals surface area contributed by atoms with Crippen LogP contribution in [0.3, 0.4) is 0 Å². The minimum atomic E-state index is -3.04. The number of likely N-dealkylation sites (tertiary alicyclic amines) is 1. The first-order valence-electron chi connectivity index (χ1n) is 8.70. The zero-order valence-electron chi connectivity index (χ0n) is 16.1. The van der Waals surface area contributed by atoms with E-state index < -0.39 is 9.84 Å². The predicted molar refractivity (Wildman–Crippen MR) is 99.9 cm³/mol. The Hall–Kier alpha value is -1.51. The van der Waals surface area contributed by atoms with Gasteiger partial charge in [-0.2, -0.15) is 0 Å². The van der Waals surface area contributed by atoms with Gasteiger partial charge in [-0.05, 0) is 20.2 Å². The number of ether oxygens (including phenoxy) is 3. The summed E-state index contributed by atoms with van der Waals surface area (Å²) in [7, 11) is 5.65. The third-order valence-electron chi connectivity index (χ3n) is 5.59. The smallest absolute Gasteiger partial charge is 0.203 e. The summed E-state index contributed by atoms with van der Waals surface area (Å²) in [6.07, 6.45) is 0. The molecule has 2 aliphatic rings. The van der Waals surface area contributed by atoms with Crippen LogP contribution < -0.4 is 14.2 Å². The molecule has 0 bridgehead atoms. The van der Waals surface area contributed by atoms with Crippen LogP contribution in [-0.2, 0) is 16.4 Å². The lowest BCUT2D eigenvalue weighted by Gasteiger charge is -2.25. The van der Waals surface area contributed by atoms with E-state index in [1.807, 2.05) is 31.1 Å². The number of fused-ring (bicyclic) bond motifs is 1. The van der Waals surface area contributed by atoms with Crippen LogP contribution in [0.4, 0.5) is 0 Å². The molecule has 0 amide bonds. The Balaban J connectivity index is 1.83. The first kappa shape index (κ1) is 19.3. The molecule has 2 heterocycles. The van der Waals surface area contributed by atoms with Gasteiger partial charge in [0.2, 0.25) is 5.75 Å². The van der Waals surface area contributed by atoms with Crippen LogP contribution >= 0.6 is 0 Å². The summed E-state index contributed by atoms with van der Waals surface area (Å²) in [4.78, 5) is 4.25. The first-order valence-corrected chi connectivity index (χ1v) is 10.4. The molecular weight excluding hydrogens is 356 g/mol. The van der Waals surface area contributed by atoms with E-state index in [1.165, 1.54) is 0 Å². The fourth-order valence-corrected chi connectivity index (χ4v) is 6.81. The van der Waals surface area contributed by atoms with Crippen molar-refractivity contribution < 1.29 is 22.6 Å². The zero-order chi connectivity index (χ0) is 19.1. The first-order chi connectivity index (χ1) is 12.3.